The second-order valence-electron chi connectivity index (χ2n) is 19.1. The lowest BCUT2D eigenvalue weighted by Gasteiger charge is -2.35. The molecule has 2 aliphatic heterocycles. The fraction of sp³-hybridized carbons (Fsp3) is 0.644. The van der Waals surface area contributed by atoms with E-state index in [1.54, 1.807) is 0 Å². The van der Waals surface area contributed by atoms with Crippen LogP contribution in [0.4, 0.5) is 9.93 Å². The maximum absolute atomic E-state index is 14.8. The number of fused-ring (bicyclic) bond motifs is 2. The van der Waals surface area contributed by atoms with E-state index in [9.17, 15) is 24.3 Å². The highest BCUT2D eigenvalue weighted by Gasteiger charge is 2.61. The van der Waals surface area contributed by atoms with E-state index in [2.05, 4.69) is 20.9 Å². The first-order chi connectivity index (χ1) is 29.6. The molecule has 3 amide bonds. The number of aliphatic carboxylic acids is 1. The van der Waals surface area contributed by atoms with Crippen LogP contribution in [0.3, 0.4) is 0 Å². The van der Waals surface area contributed by atoms with Gasteiger partial charge in [0.2, 0.25) is 11.8 Å². The highest BCUT2D eigenvalue weighted by Crippen LogP contribution is 2.52. The molecule has 8 rings (SSSR count). The van der Waals surface area contributed by atoms with Gasteiger partial charge in [-0.2, -0.15) is 0 Å². The Bertz CT molecular complexity index is 2140. The van der Waals surface area contributed by atoms with Gasteiger partial charge in [-0.15, -0.1) is 11.3 Å². The number of carbonyl (C=O) groups excluding carboxylic acids is 3. The van der Waals surface area contributed by atoms with Crippen molar-refractivity contribution in [3.63, 3.8) is 0 Å². The Kier molecular flexibility index (Phi) is 12.6. The number of likely N-dealkylation sites (tertiary alicyclic amines) is 1. The topological polar surface area (TPSA) is 194 Å². The number of rotatable bonds is 16. The molecule has 4 heterocycles. The maximum Gasteiger partial charge on any atom is 0.408 e. The molecule has 16 nitrogen and oxygen atoms in total. The van der Waals surface area contributed by atoms with Gasteiger partial charge in [-0.1, -0.05) is 34.1 Å². The largest absolute Gasteiger partial charge is 0.492 e. The number of alkyl carbamates (subject to hydrolysis) is 1. The number of thiazole rings is 1. The van der Waals surface area contributed by atoms with E-state index < -0.39 is 53.0 Å². The van der Waals surface area contributed by atoms with Crippen molar-refractivity contribution in [1.82, 2.24) is 30.4 Å². The lowest BCUT2D eigenvalue weighted by atomic mass is 9.85. The molecule has 0 spiro atoms. The molecule has 17 heteroatoms. The summed E-state index contributed by atoms with van der Waals surface area (Å²) in [4.78, 5) is 68.5. The average Bonchev–Trinajstić information content (AvgIpc) is 3.89. The van der Waals surface area contributed by atoms with E-state index in [0.29, 0.717) is 78.3 Å². The number of carboxylic acid groups (broad SMARTS) is 1. The molecule has 62 heavy (non-hydrogen) atoms. The number of anilines is 1. The second-order valence-corrected chi connectivity index (χ2v) is 19.9. The van der Waals surface area contributed by atoms with Gasteiger partial charge in [0.25, 0.3) is 0 Å². The number of hydrogen-bond acceptors (Lipinski definition) is 13. The van der Waals surface area contributed by atoms with E-state index in [-0.39, 0.29) is 31.0 Å². The summed E-state index contributed by atoms with van der Waals surface area (Å²) in [6, 6.07) is 5.54. The maximum atomic E-state index is 14.8. The van der Waals surface area contributed by atoms with Crippen LogP contribution in [0.25, 0.3) is 22.3 Å². The van der Waals surface area contributed by atoms with Crippen molar-refractivity contribution in [1.29, 1.82) is 0 Å². The third kappa shape index (κ3) is 9.74. The zero-order valence-electron chi connectivity index (χ0n) is 36.6. The van der Waals surface area contributed by atoms with Crippen molar-refractivity contribution in [2.45, 2.75) is 116 Å². The standard InChI is InChI=1S/C45H61N7O9S/c1-7-28-22-45(28,41(55)56)50-39(53)36-20-31(23-52(36)40(54)38(44(4,5)6)49-43(57)61-30-17-26-16-27(26)18-30)60-37-21-34(35-24-62-42(48-35)46-25(2)3)47-33-19-29(8-9-32(33)37)59-15-12-51-10-13-58-14-11-51/h8-9,19,21,24-28,30-31,36,38H,7,10-18,20,22-23H2,1-6H3,(H,46,48)(H,49,57)(H,50,53)(H,55,56)/t26-,27+,28-,30?,31-,36+,38?,45-/m1/s1. The highest BCUT2D eigenvalue weighted by atomic mass is 32.1. The Balaban J connectivity index is 1.07. The van der Waals surface area contributed by atoms with Crippen LogP contribution in [-0.4, -0.2) is 131 Å². The molecule has 3 aliphatic carbocycles. The number of carboxylic acids is 1. The van der Waals surface area contributed by atoms with E-state index in [1.807, 2.05) is 71.2 Å². The average molecular weight is 876 g/mol. The van der Waals surface area contributed by atoms with Crippen LogP contribution in [0.15, 0.2) is 29.6 Å². The van der Waals surface area contributed by atoms with Crippen molar-refractivity contribution >= 4 is 51.2 Å². The lowest BCUT2D eigenvalue weighted by molar-refractivity contribution is -0.146. The molecule has 3 aromatic rings. The molecule has 5 aliphatic rings. The third-order valence-corrected chi connectivity index (χ3v) is 13.8. The Hall–Kier alpha value is -4.74. The lowest BCUT2D eigenvalue weighted by Crippen LogP contribution is -2.59. The van der Waals surface area contributed by atoms with Gasteiger partial charge in [0.05, 0.1) is 31.0 Å². The first-order valence-electron chi connectivity index (χ1n) is 22.2. The van der Waals surface area contributed by atoms with E-state index >= 15 is 0 Å². The summed E-state index contributed by atoms with van der Waals surface area (Å²) in [5, 5.41) is 22.6. The number of hydrogen-bond donors (Lipinski definition) is 4. The number of pyridine rings is 1. The molecule has 4 N–H and O–H groups in total. The molecule has 2 saturated heterocycles. The van der Waals surface area contributed by atoms with Crippen LogP contribution in [-0.2, 0) is 23.9 Å². The van der Waals surface area contributed by atoms with Gasteiger partial charge < -0.3 is 44.9 Å². The molecule has 8 atom stereocenters. The fourth-order valence-corrected chi connectivity index (χ4v) is 10.2. The number of aromatic nitrogens is 2. The summed E-state index contributed by atoms with van der Waals surface area (Å²) in [6.45, 7) is 15.9. The number of carbonyl (C=O) groups is 4. The van der Waals surface area contributed by atoms with E-state index in [4.69, 9.17) is 28.9 Å². The first kappa shape index (κ1) is 43.9. The number of amides is 3. The Morgan fingerprint density at radius 3 is 2.45 bits per heavy atom. The van der Waals surface area contributed by atoms with Crippen LogP contribution in [0.2, 0.25) is 0 Å². The normalized spacial score (nSPS) is 27.4. The molecule has 2 aromatic heterocycles. The van der Waals surface area contributed by atoms with Gasteiger partial charge in [-0.05, 0) is 74.8 Å². The summed E-state index contributed by atoms with van der Waals surface area (Å²) in [5.74, 6) is -0.0277. The van der Waals surface area contributed by atoms with Gasteiger partial charge in [-0.3, -0.25) is 14.5 Å². The van der Waals surface area contributed by atoms with Crippen molar-refractivity contribution < 1.29 is 43.2 Å². The minimum atomic E-state index is -1.40. The van der Waals surface area contributed by atoms with Crippen molar-refractivity contribution in [2.75, 3.05) is 51.3 Å². The SMILES string of the molecule is CC[C@@H]1C[C@]1(NC(=O)[C@@H]1C[C@@H](Oc2cc(-c3csc(NC(C)C)n3)nc3cc(OCCN4CCOCC4)ccc23)CN1C(=O)C(NC(=O)OC1C[C@@H]2C[C@@H]2C1)C(C)(C)C)C(=O)O. The Labute approximate surface area is 366 Å². The zero-order valence-corrected chi connectivity index (χ0v) is 37.4. The predicted molar refractivity (Wildman–Crippen MR) is 233 cm³/mol. The number of morpholine rings is 1. The van der Waals surface area contributed by atoms with E-state index in [0.717, 1.165) is 37.6 Å². The molecule has 2 unspecified atom stereocenters. The number of nitrogens with one attached hydrogen (secondary N) is 3. The first-order valence-corrected chi connectivity index (χ1v) is 23.1. The fourth-order valence-electron chi connectivity index (χ4n) is 9.34. The van der Waals surface area contributed by atoms with Gasteiger partial charge in [0, 0.05) is 55.0 Å². The molecule has 0 radical (unpaired) electrons. The Morgan fingerprint density at radius 1 is 1.02 bits per heavy atom. The van der Waals surface area contributed by atoms with Gasteiger partial charge in [0.1, 0.15) is 53.6 Å². The number of nitrogens with zero attached hydrogens (tertiary/aromatic N) is 4. The van der Waals surface area contributed by atoms with Crippen LogP contribution >= 0.6 is 11.3 Å². The van der Waals surface area contributed by atoms with Crippen molar-refractivity contribution in [2.24, 2.45) is 23.2 Å². The number of ether oxygens (including phenoxy) is 4. The Morgan fingerprint density at radius 2 is 1.77 bits per heavy atom. The van der Waals surface area contributed by atoms with Crippen molar-refractivity contribution in [3.8, 4) is 22.9 Å². The molecule has 3 saturated carbocycles. The van der Waals surface area contributed by atoms with Gasteiger partial charge >= 0.3 is 12.1 Å². The van der Waals surface area contributed by atoms with Crippen LogP contribution in [0.5, 0.6) is 11.5 Å². The smallest absolute Gasteiger partial charge is 0.408 e. The van der Waals surface area contributed by atoms with Crippen LogP contribution in [0.1, 0.15) is 80.1 Å². The molecule has 0 bridgehead atoms. The minimum Gasteiger partial charge on any atom is -0.492 e. The summed E-state index contributed by atoms with van der Waals surface area (Å²) < 4.78 is 24.3. The van der Waals surface area contributed by atoms with Gasteiger partial charge in [-0.25, -0.2) is 19.6 Å². The van der Waals surface area contributed by atoms with Crippen molar-refractivity contribution in [3.05, 3.63) is 29.6 Å². The molecule has 336 valence electrons. The summed E-state index contributed by atoms with van der Waals surface area (Å²) >= 11 is 1.47. The molecule has 1 aromatic carbocycles. The summed E-state index contributed by atoms with van der Waals surface area (Å²) in [7, 11) is 0. The minimum absolute atomic E-state index is 0.00450. The molecular weight excluding hydrogens is 815 g/mol. The number of benzene rings is 1. The monoisotopic (exact) mass is 875 g/mol. The quantitative estimate of drug-likeness (QED) is 0.140. The van der Waals surface area contributed by atoms with Gasteiger partial charge in [0.15, 0.2) is 5.13 Å². The summed E-state index contributed by atoms with van der Waals surface area (Å²) in [5.41, 5.74) is -0.329. The molecule has 5 fully saturated rings. The van der Waals surface area contributed by atoms with E-state index in [1.165, 1.54) is 22.7 Å². The molecular formula is C45H61N7O9S. The highest BCUT2D eigenvalue weighted by molar-refractivity contribution is 7.14. The van der Waals surface area contributed by atoms with Crippen LogP contribution in [0, 0.1) is 23.2 Å². The second kappa shape index (κ2) is 17.8. The van der Waals surface area contributed by atoms with Crippen LogP contribution < -0.4 is 25.4 Å². The third-order valence-electron chi connectivity index (χ3n) is 13.0. The predicted octanol–water partition coefficient (Wildman–Crippen LogP) is 5.55. The summed E-state index contributed by atoms with van der Waals surface area (Å²) in [6.07, 6.45) is 2.27. The zero-order chi connectivity index (χ0) is 43.9.